The highest BCUT2D eigenvalue weighted by molar-refractivity contribution is 6.33. The fourth-order valence-corrected chi connectivity index (χ4v) is 2.12. The van der Waals surface area contributed by atoms with E-state index in [0.717, 1.165) is 16.8 Å². The average Bonchev–Trinajstić information content (AvgIpc) is 2.36. The van der Waals surface area contributed by atoms with Gasteiger partial charge in [-0.15, -0.1) is 0 Å². The van der Waals surface area contributed by atoms with Crippen molar-refractivity contribution in [1.82, 2.24) is 9.97 Å². The van der Waals surface area contributed by atoms with Crippen molar-refractivity contribution < 1.29 is 0 Å². The predicted molar refractivity (Wildman–Crippen MR) is 89.4 cm³/mol. The molecule has 112 valence electrons. The fraction of sp³-hybridized carbons (Fsp3) is 0.375. The van der Waals surface area contributed by atoms with Gasteiger partial charge in [-0.25, -0.2) is 9.97 Å². The van der Waals surface area contributed by atoms with Crippen LogP contribution in [-0.2, 0) is 5.41 Å². The van der Waals surface area contributed by atoms with Crippen LogP contribution in [0.15, 0.2) is 18.2 Å². The Labute approximate surface area is 130 Å². The van der Waals surface area contributed by atoms with Crippen LogP contribution in [0.2, 0.25) is 5.02 Å². The first-order chi connectivity index (χ1) is 9.68. The molecule has 3 N–H and O–H groups in total. The highest BCUT2D eigenvalue weighted by Gasteiger charge is 2.20. The van der Waals surface area contributed by atoms with E-state index in [1.54, 1.807) is 0 Å². The number of rotatable bonds is 2. The molecule has 1 aromatic heterocycles. The summed E-state index contributed by atoms with van der Waals surface area (Å²) >= 11 is 6.26. The van der Waals surface area contributed by atoms with Gasteiger partial charge in [-0.1, -0.05) is 38.4 Å². The molecule has 0 spiro atoms. The maximum absolute atomic E-state index is 6.26. The highest BCUT2D eigenvalue weighted by atomic mass is 35.5. The first-order valence-electron chi connectivity index (χ1n) is 6.86. The number of benzene rings is 1. The number of nitrogens with two attached hydrogens (primary N) is 1. The Balaban J connectivity index is 2.46. The topological polar surface area (TPSA) is 63.8 Å². The van der Waals surface area contributed by atoms with E-state index >= 15 is 0 Å². The molecule has 1 aromatic carbocycles. The van der Waals surface area contributed by atoms with Gasteiger partial charge in [0.1, 0.15) is 17.5 Å². The summed E-state index contributed by atoms with van der Waals surface area (Å²) in [6, 6.07) is 5.85. The van der Waals surface area contributed by atoms with E-state index in [0.29, 0.717) is 22.5 Å². The Kier molecular flexibility index (Phi) is 4.10. The molecule has 0 aliphatic heterocycles. The average molecular weight is 305 g/mol. The molecular weight excluding hydrogens is 284 g/mol. The second-order valence-corrected chi connectivity index (χ2v) is 6.67. The Hall–Kier alpha value is -1.81. The third-order valence-electron chi connectivity index (χ3n) is 3.23. The van der Waals surface area contributed by atoms with Gasteiger partial charge in [-0.2, -0.15) is 0 Å². The van der Waals surface area contributed by atoms with Crippen LogP contribution in [0.3, 0.4) is 0 Å². The number of aromatic nitrogens is 2. The van der Waals surface area contributed by atoms with Crippen molar-refractivity contribution >= 4 is 28.9 Å². The molecule has 0 fully saturated rings. The standard InChI is InChI=1S/C16H21ClN4/c1-9-6-7-12(11(17)8-9)19-14-10(2)13(18)20-15(21-14)16(3,4)5/h6-8H,1-5H3,(H3,18,19,20,21). The second kappa shape index (κ2) is 5.53. The smallest absolute Gasteiger partial charge is 0.139 e. The van der Waals surface area contributed by atoms with Crippen molar-refractivity contribution in [3.8, 4) is 0 Å². The lowest BCUT2D eigenvalue weighted by Gasteiger charge is -2.20. The maximum Gasteiger partial charge on any atom is 0.139 e. The van der Waals surface area contributed by atoms with Crippen LogP contribution in [0.5, 0.6) is 0 Å². The van der Waals surface area contributed by atoms with E-state index in [4.69, 9.17) is 17.3 Å². The summed E-state index contributed by atoms with van der Waals surface area (Å²) in [7, 11) is 0. The zero-order valence-corrected chi connectivity index (χ0v) is 13.8. The van der Waals surface area contributed by atoms with E-state index in [-0.39, 0.29) is 5.41 Å². The summed E-state index contributed by atoms with van der Waals surface area (Å²) < 4.78 is 0. The van der Waals surface area contributed by atoms with Crippen molar-refractivity contribution in [3.63, 3.8) is 0 Å². The third-order valence-corrected chi connectivity index (χ3v) is 3.54. The SMILES string of the molecule is Cc1ccc(Nc2nc(C(C)(C)C)nc(N)c2C)c(Cl)c1. The summed E-state index contributed by atoms with van der Waals surface area (Å²) in [6.45, 7) is 10.1. The van der Waals surface area contributed by atoms with Crippen LogP contribution in [0.25, 0.3) is 0 Å². The van der Waals surface area contributed by atoms with Gasteiger partial charge in [0.15, 0.2) is 0 Å². The van der Waals surface area contributed by atoms with Crippen molar-refractivity contribution in [2.45, 2.75) is 40.0 Å². The van der Waals surface area contributed by atoms with E-state index in [2.05, 4.69) is 36.1 Å². The first-order valence-corrected chi connectivity index (χ1v) is 7.24. The molecular formula is C16H21ClN4. The quantitative estimate of drug-likeness (QED) is 0.864. The van der Waals surface area contributed by atoms with Crippen molar-refractivity contribution in [2.75, 3.05) is 11.1 Å². The molecule has 0 bridgehead atoms. The minimum absolute atomic E-state index is 0.171. The van der Waals surface area contributed by atoms with Gasteiger partial charge in [0.25, 0.3) is 0 Å². The molecule has 0 amide bonds. The summed E-state index contributed by atoms with van der Waals surface area (Å²) in [6.07, 6.45) is 0. The van der Waals surface area contributed by atoms with Crippen LogP contribution in [0, 0.1) is 13.8 Å². The molecule has 2 aromatic rings. The van der Waals surface area contributed by atoms with E-state index < -0.39 is 0 Å². The summed E-state index contributed by atoms with van der Waals surface area (Å²) in [5.41, 5.74) is 8.58. The Morgan fingerprint density at radius 2 is 1.81 bits per heavy atom. The molecule has 0 saturated heterocycles. The highest BCUT2D eigenvalue weighted by Crippen LogP contribution is 2.30. The molecule has 5 heteroatoms. The van der Waals surface area contributed by atoms with Crippen molar-refractivity contribution in [1.29, 1.82) is 0 Å². The zero-order chi connectivity index (χ0) is 15.8. The van der Waals surface area contributed by atoms with Gasteiger partial charge in [0, 0.05) is 11.0 Å². The molecule has 4 nitrogen and oxygen atoms in total. The normalized spacial score (nSPS) is 11.5. The molecule has 21 heavy (non-hydrogen) atoms. The zero-order valence-electron chi connectivity index (χ0n) is 13.1. The van der Waals surface area contributed by atoms with Crippen molar-refractivity contribution in [2.24, 2.45) is 0 Å². The molecule has 2 rings (SSSR count). The van der Waals surface area contributed by atoms with Gasteiger partial charge >= 0.3 is 0 Å². The first kappa shape index (κ1) is 15.6. The van der Waals surface area contributed by atoms with E-state index in [1.807, 2.05) is 32.0 Å². The molecule has 0 radical (unpaired) electrons. The number of nitrogens with zero attached hydrogens (tertiary/aromatic N) is 2. The Morgan fingerprint density at radius 3 is 2.38 bits per heavy atom. The van der Waals surface area contributed by atoms with E-state index in [1.165, 1.54) is 0 Å². The van der Waals surface area contributed by atoms with Gasteiger partial charge in [0.2, 0.25) is 0 Å². The number of nitrogens with one attached hydrogen (secondary N) is 1. The molecule has 0 unspecified atom stereocenters. The van der Waals surface area contributed by atoms with Crippen LogP contribution in [0.1, 0.15) is 37.7 Å². The number of nitrogen functional groups attached to an aromatic ring is 1. The molecule has 0 aliphatic rings. The monoisotopic (exact) mass is 304 g/mol. The third kappa shape index (κ3) is 3.45. The van der Waals surface area contributed by atoms with Crippen LogP contribution in [0.4, 0.5) is 17.3 Å². The second-order valence-electron chi connectivity index (χ2n) is 6.26. The predicted octanol–water partition coefficient (Wildman–Crippen LogP) is 4.37. The number of hydrogen-bond donors (Lipinski definition) is 2. The molecule has 0 aliphatic carbocycles. The van der Waals surface area contributed by atoms with Gasteiger partial charge in [-0.05, 0) is 31.5 Å². The van der Waals surface area contributed by atoms with Gasteiger partial charge in [-0.3, -0.25) is 0 Å². The van der Waals surface area contributed by atoms with Crippen LogP contribution >= 0.6 is 11.6 Å². The van der Waals surface area contributed by atoms with Crippen LogP contribution < -0.4 is 11.1 Å². The van der Waals surface area contributed by atoms with Gasteiger partial charge in [0.05, 0.1) is 10.7 Å². The Bertz CT molecular complexity index is 675. The van der Waals surface area contributed by atoms with Crippen molar-refractivity contribution in [3.05, 3.63) is 40.2 Å². The van der Waals surface area contributed by atoms with Crippen LogP contribution in [-0.4, -0.2) is 9.97 Å². The minimum atomic E-state index is -0.171. The minimum Gasteiger partial charge on any atom is -0.383 e. The van der Waals surface area contributed by atoms with Gasteiger partial charge < -0.3 is 11.1 Å². The summed E-state index contributed by atoms with van der Waals surface area (Å²) in [5.74, 6) is 1.88. The summed E-state index contributed by atoms with van der Waals surface area (Å²) in [4.78, 5) is 8.98. The molecule has 0 saturated carbocycles. The number of halogens is 1. The number of hydrogen-bond acceptors (Lipinski definition) is 4. The molecule has 0 atom stereocenters. The lowest BCUT2D eigenvalue weighted by Crippen LogP contribution is -2.18. The number of anilines is 3. The Morgan fingerprint density at radius 1 is 1.14 bits per heavy atom. The lowest BCUT2D eigenvalue weighted by atomic mass is 9.95. The molecule has 1 heterocycles. The largest absolute Gasteiger partial charge is 0.383 e. The fourth-order valence-electron chi connectivity index (χ4n) is 1.84. The van der Waals surface area contributed by atoms with E-state index in [9.17, 15) is 0 Å². The summed E-state index contributed by atoms with van der Waals surface area (Å²) in [5, 5.41) is 3.91. The lowest BCUT2D eigenvalue weighted by molar-refractivity contribution is 0.546. The maximum atomic E-state index is 6.26. The number of aryl methyl sites for hydroxylation is 1.